The van der Waals surface area contributed by atoms with Gasteiger partial charge in [-0.05, 0) is 39.0 Å². The minimum atomic E-state index is 0.126. The van der Waals surface area contributed by atoms with Gasteiger partial charge in [0.1, 0.15) is 5.75 Å². The van der Waals surface area contributed by atoms with Crippen LogP contribution in [0.15, 0.2) is 24.3 Å². The predicted molar refractivity (Wildman–Crippen MR) is 68.0 cm³/mol. The molecule has 2 heterocycles. The Labute approximate surface area is 103 Å². The molecule has 1 saturated heterocycles. The summed E-state index contributed by atoms with van der Waals surface area (Å²) in [6.07, 6.45) is 2.28. The molecule has 0 unspecified atom stereocenters. The molecule has 1 fully saturated rings. The lowest BCUT2D eigenvalue weighted by Gasteiger charge is -2.47. The van der Waals surface area contributed by atoms with E-state index in [4.69, 9.17) is 10.5 Å². The number of fused-ring (bicyclic) bond motifs is 1. The lowest BCUT2D eigenvalue weighted by Crippen LogP contribution is -2.49. The Balaban J connectivity index is 1.91. The topological polar surface area (TPSA) is 38.5 Å². The van der Waals surface area contributed by atoms with Crippen LogP contribution in [0.3, 0.4) is 0 Å². The standard InChI is InChI=1S/C14H20N2O/c1-16-8-6-14(7-9-16)10-17-12-5-3-2-4-11(12)13(14)15/h2-5,13H,6-10,15H2,1H3/t13-/m1/s1. The predicted octanol–water partition coefficient (Wildman–Crippen LogP) is 1.79. The maximum atomic E-state index is 6.50. The van der Waals surface area contributed by atoms with Gasteiger partial charge in [-0.15, -0.1) is 0 Å². The lowest BCUT2D eigenvalue weighted by atomic mass is 9.70. The maximum absolute atomic E-state index is 6.50. The number of nitrogens with two attached hydrogens (primary N) is 1. The quantitative estimate of drug-likeness (QED) is 0.741. The van der Waals surface area contributed by atoms with E-state index in [9.17, 15) is 0 Å². The molecule has 92 valence electrons. The number of hydrogen-bond donors (Lipinski definition) is 1. The molecule has 0 radical (unpaired) electrons. The highest BCUT2D eigenvalue weighted by Gasteiger charge is 2.44. The summed E-state index contributed by atoms with van der Waals surface area (Å²) in [7, 11) is 2.18. The minimum absolute atomic E-state index is 0.126. The van der Waals surface area contributed by atoms with E-state index in [1.165, 1.54) is 5.56 Å². The lowest BCUT2D eigenvalue weighted by molar-refractivity contribution is 0.0244. The van der Waals surface area contributed by atoms with Gasteiger partial charge in [-0.25, -0.2) is 0 Å². The monoisotopic (exact) mass is 232 g/mol. The third kappa shape index (κ3) is 1.74. The number of hydrogen-bond acceptors (Lipinski definition) is 3. The molecule has 1 aromatic carbocycles. The fraction of sp³-hybridized carbons (Fsp3) is 0.571. The number of benzene rings is 1. The van der Waals surface area contributed by atoms with E-state index in [0.717, 1.165) is 38.3 Å². The van der Waals surface area contributed by atoms with E-state index in [1.807, 2.05) is 12.1 Å². The van der Waals surface area contributed by atoms with Gasteiger partial charge in [0.05, 0.1) is 6.61 Å². The van der Waals surface area contributed by atoms with Crippen molar-refractivity contribution >= 4 is 0 Å². The molecular formula is C14H20N2O. The zero-order valence-electron chi connectivity index (χ0n) is 10.4. The molecule has 3 heteroatoms. The number of para-hydroxylation sites is 1. The Kier molecular flexibility index (Phi) is 2.60. The summed E-state index contributed by atoms with van der Waals surface area (Å²) in [5.41, 5.74) is 7.84. The first-order chi connectivity index (χ1) is 8.21. The van der Waals surface area contributed by atoms with Crippen molar-refractivity contribution in [3.05, 3.63) is 29.8 Å². The molecular weight excluding hydrogens is 212 g/mol. The minimum Gasteiger partial charge on any atom is -0.493 e. The number of likely N-dealkylation sites (tertiary alicyclic amines) is 1. The first-order valence-corrected chi connectivity index (χ1v) is 6.37. The van der Waals surface area contributed by atoms with E-state index >= 15 is 0 Å². The Hall–Kier alpha value is -1.06. The van der Waals surface area contributed by atoms with Crippen LogP contribution in [-0.4, -0.2) is 31.6 Å². The van der Waals surface area contributed by atoms with Crippen molar-refractivity contribution in [3.8, 4) is 5.75 Å². The smallest absolute Gasteiger partial charge is 0.124 e. The fourth-order valence-corrected chi connectivity index (χ4v) is 3.03. The van der Waals surface area contributed by atoms with Crippen LogP contribution in [0.4, 0.5) is 0 Å². The zero-order valence-corrected chi connectivity index (χ0v) is 10.4. The Morgan fingerprint density at radius 1 is 1.29 bits per heavy atom. The highest BCUT2D eigenvalue weighted by atomic mass is 16.5. The van der Waals surface area contributed by atoms with E-state index in [-0.39, 0.29) is 11.5 Å². The summed E-state index contributed by atoms with van der Waals surface area (Å²) in [5, 5.41) is 0. The van der Waals surface area contributed by atoms with E-state index in [2.05, 4.69) is 24.1 Å². The Morgan fingerprint density at radius 3 is 2.76 bits per heavy atom. The molecule has 17 heavy (non-hydrogen) atoms. The molecule has 0 bridgehead atoms. The van der Waals surface area contributed by atoms with Crippen molar-refractivity contribution in [1.82, 2.24) is 4.90 Å². The van der Waals surface area contributed by atoms with Gasteiger partial charge in [0.15, 0.2) is 0 Å². The molecule has 2 aliphatic heterocycles. The highest BCUT2D eigenvalue weighted by Crippen LogP contribution is 2.47. The second-order valence-corrected chi connectivity index (χ2v) is 5.47. The summed E-state index contributed by atoms with van der Waals surface area (Å²) in [6, 6.07) is 8.32. The average molecular weight is 232 g/mol. The van der Waals surface area contributed by atoms with Crippen LogP contribution in [0, 0.1) is 5.41 Å². The first kappa shape index (κ1) is 11.1. The summed E-state index contributed by atoms with van der Waals surface area (Å²) in [4.78, 5) is 2.37. The molecule has 0 saturated carbocycles. The van der Waals surface area contributed by atoms with Crippen LogP contribution in [0.2, 0.25) is 0 Å². The first-order valence-electron chi connectivity index (χ1n) is 6.37. The maximum Gasteiger partial charge on any atom is 0.124 e. The van der Waals surface area contributed by atoms with Crippen molar-refractivity contribution in [2.24, 2.45) is 11.1 Å². The van der Waals surface area contributed by atoms with Gasteiger partial charge in [-0.1, -0.05) is 18.2 Å². The van der Waals surface area contributed by atoms with Gasteiger partial charge < -0.3 is 15.4 Å². The second kappa shape index (κ2) is 4.00. The van der Waals surface area contributed by atoms with Gasteiger partial charge in [0.25, 0.3) is 0 Å². The largest absolute Gasteiger partial charge is 0.493 e. The number of nitrogens with zero attached hydrogens (tertiary/aromatic N) is 1. The van der Waals surface area contributed by atoms with Gasteiger partial charge in [-0.2, -0.15) is 0 Å². The Bertz CT molecular complexity index is 410. The third-order valence-electron chi connectivity index (χ3n) is 4.41. The van der Waals surface area contributed by atoms with Crippen LogP contribution in [0.5, 0.6) is 5.75 Å². The molecule has 0 amide bonds. The van der Waals surface area contributed by atoms with Crippen LogP contribution in [0.25, 0.3) is 0 Å². The van der Waals surface area contributed by atoms with Crippen LogP contribution < -0.4 is 10.5 Å². The molecule has 1 aromatic rings. The van der Waals surface area contributed by atoms with Crippen molar-refractivity contribution < 1.29 is 4.74 Å². The molecule has 2 N–H and O–H groups in total. The SMILES string of the molecule is CN1CCC2(CC1)COc1ccccc1[C@H]2N. The number of ether oxygens (including phenoxy) is 1. The van der Waals surface area contributed by atoms with Gasteiger partial charge in [-0.3, -0.25) is 0 Å². The molecule has 3 rings (SSSR count). The number of piperidine rings is 1. The van der Waals surface area contributed by atoms with Gasteiger partial charge in [0.2, 0.25) is 0 Å². The molecule has 1 spiro atoms. The normalized spacial score (nSPS) is 27.5. The summed E-state index contributed by atoms with van der Waals surface area (Å²) >= 11 is 0. The van der Waals surface area contributed by atoms with Gasteiger partial charge >= 0.3 is 0 Å². The molecule has 0 aromatic heterocycles. The van der Waals surface area contributed by atoms with Crippen molar-refractivity contribution in [1.29, 1.82) is 0 Å². The summed E-state index contributed by atoms with van der Waals surface area (Å²) in [6.45, 7) is 3.03. The molecule has 1 atom stereocenters. The Morgan fingerprint density at radius 2 is 2.00 bits per heavy atom. The molecule has 3 nitrogen and oxygen atoms in total. The summed E-state index contributed by atoms with van der Waals surface area (Å²) < 4.78 is 5.92. The van der Waals surface area contributed by atoms with Gasteiger partial charge in [0, 0.05) is 17.0 Å². The second-order valence-electron chi connectivity index (χ2n) is 5.47. The van der Waals surface area contributed by atoms with Crippen LogP contribution >= 0.6 is 0 Å². The van der Waals surface area contributed by atoms with Crippen molar-refractivity contribution in [3.63, 3.8) is 0 Å². The van der Waals surface area contributed by atoms with E-state index in [1.54, 1.807) is 0 Å². The van der Waals surface area contributed by atoms with E-state index < -0.39 is 0 Å². The van der Waals surface area contributed by atoms with Crippen LogP contribution in [-0.2, 0) is 0 Å². The third-order valence-corrected chi connectivity index (χ3v) is 4.41. The molecule has 0 aliphatic carbocycles. The zero-order chi connectivity index (χ0) is 11.9. The number of rotatable bonds is 0. The van der Waals surface area contributed by atoms with Crippen LogP contribution in [0.1, 0.15) is 24.4 Å². The molecule has 2 aliphatic rings. The summed E-state index contributed by atoms with van der Waals surface area (Å²) in [5.74, 6) is 0.976. The fourth-order valence-electron chi connectivity index (χ4n) is 3.03. The highest BCUT2D eigenvalue weighted by molar-refractivity contribution is 5.39. The van der Waals surface area contributed by atoms with Crippen molar-refractivity contribution in [2.45, 2.75) is 18.9 Å². The van der Waals surface area contributed by atoms with Crippen molar-refractivity contribution in [2.75, 3.05) is 26.7 Å². The van der Waals surface area contributed by atoms with E-state index in [0.29, 0.717) is 0 Å². The average Bonchev–Trinajstić information content (AvgIpc) is 2.38.